The molecule has 232 valence electrons. The molecule has 0 aliphatic rings. The van der Waals surface area contributed by atoms with Crippen molar-refractivity contribution in [2.75, 3.05) is 24.4 Å². The molecule has 0 aliphatic heterocycles. The van der Waals surface area contributed by atoms with Gasteiger partial charge in [-0.1, -0.05) is 97.1 Å². The molecule has 0 saturated heterocycles. The normalized spacial score (nSPS) is 11.6. The summed E-state index contributed by atoms with van der Waals surface area (Å²) in [6.45, 7) is 1.66. The van der Waals surface area contributed by atoms with Crippen LogP contribution in [0.4, 0.5) is 18.9 Å². The fraction of sp³-hybridized carbons (Fsp3) is 0.189. The van der Waals surface area contributed by atoms with E-state index in [2.05, 4.69) is 33.9 Å². The first-order valence-corrected chi connectivity index (χ1v) is 15.6. The molecule has 0 heterocycles. The van der Waals surface area contributed by atoms with E-state index in [1.54, 1.807) is 6.07 Å². The molecule has 0 bridgehead atoms. The summed E-state index contributed by atoms with van der Waals surface area (Å²) < 4.78 is 50.2. The number of hydrogen-bond acceptors (Lipinski definition) is 5. The van der Waals surface area contributed by atoms with E-state index in [1.807, 2.05) is 91.0 Å². The van der Waals surface area contributed by atoms with Crippen LogP contribution in [0.1, 0.15) is 34.6 Å². The standard InChI is InChI=1S/C37H35F3N2O2S/c38-37(39,40)35-22-10-17-30(36(35)43)26-42(27-34(28-13-4-1-5-14-28)29-15-6-2-7-16-29)23-12-24-44-32-19-11-18-31(25-32)41-45-33-20-8-3-9-21-33/h1-11,13-22,25,34,41,43H,12,23-24,26-27H2. The lowest BCUT2D eigenvalue weighted by Gasteiger charge is -2.29. The van der Waals surface area contributed by atoms with E-state index >= 15 is 0 Å². The molecule has 0 atom stereocenters. The molecule has 0 aliphatic carbocycles. The monoisotopic (exact) mass is 628 g/mol. The number of halogens is 3. The summed E-state index contributed by atoms with van der Waals surface area (Å²) in [5.74, 6) is -0.0202. The summed E-state index contributed by atoms with van der Waals surface area (Å²) in [6.07, 6.45) is -4.01. The second-order valence-electron chi connectivity index (χ2n) is 10.7. The number of alkyl halides is 3. The highest BCUT2D eigenvalue weighted by atomic mass is 32.2. The second kappa shape index (κ2) is 15.5. The summed E-state index contributed by atoms with van der Waals surface area (Å²) in [6, 6.07) is 41.7. The first-order chi connectivity index (χ1) is 21.9. The summed E-state index contributed by atoms with van der Waals surface area (Å²) in [7, 11) is 0. The first-order valence-electron chi connectivity index (χ1n) is 14.8. The second-order valence-corrected chi connectivity index (χ2v) is 11.5. The molecule has 2 N–H and O–H groups in total. The predicted molar refractivity (Wildman–Crippen MR) is 176 cm³/mol. The van der Waals surface area contributed by atoms with Gasteiger partial charge in [0.1, 0.15) is 11.5 Å². The Labute approximate surface area is 266 Å². The Bertz CT molecular complexity index is 1580. The third-order valence-corrected chi connectivity index (χ3v) is 8.26. The van der Waals surface area contributed by atoms with Crippen LogP contribution in [-0.2, 0) is 12.7 Å². The van der Waals surface area contributed by atoms with Gasteiger partial charge in [0.15, 0.2) is 0 Å². The molecule has 45 heavy (non-hydrogen) atoms. The Morgan fingerprint density at radius 1 is 0.756 bits per heavy atom. The van der Waals surface area contributed by atoms with Gasteiger partial charge in [-0.15, -0.1) is 0 Å². The maximum Gasteiger partial charge on any atom is 0.419 e. The minimum atomic E-state index is -4.64. The number of ether oxygens (including phenoxy) is 1. The highest BCUT2D eigenvalue weighted by Crippen LogP contribution is 2.38. The summed E-state index contributed by atoms with van der Waals surface area (Å²) in [5.41, 5.74) is 2.34. The van der Waals surface area contributed by atoms with Crippen molar-refractivity contribution in [3.63, 3.8) is 0 Å². The van der Waals surface area contributed by atoms with E-state index in [1.165, 1.54) is 18.0 Å². The number of aromatic hydroxyl groups is 1. The summed E-state index contributed by atoms with van der Waals surface area (Å²) >= 11 is 1.52. The van der Waals surface area contributed by atoms with Crippen molar-refractivity contribution in [2.45, 2.75) is 30.0 Å². The smallest absolute Gasteiger partial charge is 0.419 e. The van der Waals surface area contributed by atoms with Crippen molar-refractivity contribution in [1.82, 2.24) is 4.90 Å². The van der Waals surface area contributed by atoms with E-state index in [0.717, 1.165) is 33.5 Å². The Balaban J connectivity index is 1.29. The summed E-state index contributed by atoms with van der Waals surface area (Å²) in [4.78, 5) is 3.19. The van der Waals surface area contributed by atoms with Crippen LogP contribution in [-0.4, -0.2) is 29.7 Å². The number of phenols is 1. The van der Waals surface area contributed by atoms with Gasteiger partial charge in [0.25, 0.3) is 0 Å². The lowest BCUT2D eigenvalue weighted by molar-refractivity contribution is -0.138. The van der Waals surface area contributed by atoms with Crippen LogP contribution in [0.15, 0.2) is 138 Å². The Morgan fingerprint density at radius 3 is 2.02 bits per heavy atom. The van der Waals surface area contributed by atoms with E-state index in [0.29, 0.717) is 26.1 Å². The van der Waals surface area contributed by atoms with Crippen LogP contribution < -0.4 is 9.46 Å². The largest absolute Gasteiger partial charge is 0.507 e. The van der Waals surface area contributed by atoms with E-state index in [9.17, 15) is 18.3 Å². The van der Waals surface area contributed by atoms with Crippen LogP contribution in [0.2, 0.25) is 0 Å². The van der Waals surface area contributed by atoms with Gasteiger partial charge in [-0.25, -0.2) is 0 Å². The number of phenolic OH excluding ortho intramolecular Hbond substituents is 1. The van der Waals surface area contributed by atoms with Gasteiger partial charge >= 0.3 is 6.18 Å². The van der Waals surface area contributed by atoms with E-state index in [-0.39, 0.29) is 18.0 Å². The first kappa shape index (κ1) is 32.0. The van der Waals surface area contributed by atoms with Gasteiger partial charge in [-0.05, 0) is 59.8 Å². The lowest BCUT2D eigenvalue weighted by Crippen LogP contribution is -2.31. The minimum Gasteiger partial charge on any atom is -0.507 e. The highest BCUT2D eigenvalue weighted by Gasteiger charge is 2.34. The van der Waals surface area contributed by atoms with Crippen molar-refractivity contribution in [1.29, 1.82) is 0 Å². The molecule has 0 aromatic heterocycles. The highest BCUT2D eigenvalue weighted by molar-refractivity contribution is 8.00. The zero-order valence-electron chi connectivity index (χ0n) is 24.7. The third-order valence-electron chi connectivity index (χ3n) is 7.41. The van der Waals surface area contributed by atoms with Crippen LogP contribution in [0.3, 0.4) is 0 Å². The molecule has 5 aromatic rings. The Hall–Kier alpha value is -4.40. The molecule has 0 unspecified atom stereocenters. The number of nitrogens with one attached hydrogen (secondary N) is 1. The maximum atomic E-state index is 13.6. The van der Waals surface area contributed by atoms with E-state index < -0.39 is 17.5 Å². The number of anilines is 1. The molecular formula is C37H35F3N2O2S. The molecule has 5 rings (SSSR count). The molecule has 0 radical (unpaired) electrons. The van der Waals surface area contributed by atoms with Gasteiger partial charge in [-0.3, -0.25) is 4.90 Å². The van der Waals surface area contributed by atoms with Crippen molar-refractivity contribution in [2.24, 2.45) is 0 Å². The van der Waals surface area contributed by atoms with Gasteiger partial charge in [0, 0.05) is 47.8 Å². The number of nitrogens with zero attached hydrogens (tertiary/aromatic N) is 1. The van der Waals surface area contributed by atoms with Crippen molar-refractivity contribution < 1.29 is 23.0 Å². The Kier molecular flexibility index (Phi) is 11.1. The van der Waals surface area contributed by atoms with Gasteiger partial charge in [0.2, 0.25) is 0 Å². The van der Waals surface area contributed by atoms with Crippen LogP contribution in [0.5, 0.6) is 11.5 Å². The van der Waals surface area contributed by atoms with Crippen molar-refractivity contribution >= 4 is 17.6 Å². The van der Waals surface area contributed by atoms with E-state index in [4.69, 9.17) is 4.74 Å². The average Bonchev–Trinajstić information content (AvgIpc) is 3.06. The SMILES string of the molecule is Oc1c(CN(CCCOc2cccc(NSc3ccccc3)c2)CC(c2ccccc2)c2ccccc2)cccc1C(F)(F)F. The van der Waals surface area contributed by atoms with Crippen LogP contribution in [0.25, 0.3) is 0 Å². The van der Waals surface area contributed by atoms with Gasteiger partial charge in [-0.2, -0.15) is 13.2 Å². The van der Waals surface area contributed by atoms with Gasteiger partial charge < -0.3 is 14.6 Å². The molecule has 0 amide bonds. The molecule has 4 nitrogen and oxygen atoms in total. The maximum absolute atomic E-state index is 13.6. The quantitative estimate of drug-likeness (QED) is 0.0947. The minimum absolute atomic E-state index is 0.0221. The fourth-order valence-electron chi connectivity index (χ4n) is 5.19. The lowest BCUT2D eigenvalue weighted by atomic mass is 9.90. The molecule has 5 aromatic carbocycles. The van der Waals surface area contributed by atoms with Crippen LogP contribution in [0, 0.1) is 0 Å². The molecular weight excluding hydrogens is 593 g/mol. The van der Waals surface area contributed by atoms with Crippen molar-refractivity contribution in [3.8, 4) is 11.5 Å². The van der Waals surface area contributed by atoms with Gasteiger partial charge in [0.05, 0.1) is 12.2 Å². The average molecular weight is 629 g/mol. The zero-order chi connectivity index (χ0) is 31.5. The molecule has 0 fully saturated rings. The number of benzene rings is 5. The zero-order valence-corrected chi connectivity index (χ0v) is 25.5. The van der Waals surface area contributed by atoms with Crippen molar-refractivity contribution in [3.05, 3.63) is 156 Å². The topological polar surface area (TPSA) is 44.7 Å². The molecule has 8 heteroatoms. The number of rotatable bonds is 14. The number of para-hydroxylation sites is 1. The Morgan fingerprint density at radius 2 is 1.38 bits per heavy atom. The molecule has 0 saturated carbocycles. The molecule has 0 spiro atoms. The van der Waals surface area contributed by atoms with Crippen LogP contribution >= 0.6 is 11.9 Å². The fourth-order valence-corrected chi connectivity index (χ4v) is 5.85. The third kappa shape index (κ3) is 9.30. The number of hydrogen-bond donors (Lipinski definition) is 2. The predicted octanol–water partition coefficient (Wildman–Crippen LogP) is 9.63. The summed E-state index contributed by atoms with van der Waals surface area (Å²) in [5, 5.41) is 10.6.